The Labute approximate surface area is 58.6 Å². The largest absolute Gasteiger partial charge is 0.330 e. The minimum atomic E-state index is 0.303. The molecule has 0 aromatic carbocycles. The summed E-state index contributed by atoms with van der Waals surface area (Å²) in [5, 5.41) is 0.303. The molecule has 2 rings (SSSR count). The lowest BCUT2D eigenvalue weighted by molar-refractivity contribution is 0.227. The molecule has 2 fully saturated rings. The van der Waals surface area contributed by atoms with E-state index in [-0.39, 0.29) is 0 Å². The van der Waals surface area contributed by atoms with Crippen molar-refractivity contribution in [1.29, 1.82) is 0 Å². The summed E-state index contributed by atoms with van der Waals surface area (Å²) >= 11 is 1.48. The van der Waals surface area contributed by atoms with Crippen LogP contribution in [0.5, 0.6) is 0 Å². The van der Waals surface area contributed by atoms with E-state index in [4.69, 9.17) is 0 Å². The Balaban J connectivity index is 2.15. The molecule has 2 nitrogen and oxygen atoms in total. The van der Waals surface area contributed by atoms with Gasteiger partial charge < -0.3 is 4.90 Å². The highest BCUT2D eigenvalue weighted by molar-refractivity contribution is 8.13. The van der Waals surface area contributed by atoms with Crippen molar-refractivity contribution >= 4 is 17.0 Å². The summed E-state index contributed by atoms with van der Waals surface area (Å²) in [6.45, 7) is 1.01. The summed E-state index contributed by atoms with van der Waals surface area (Å²) in [7, 11) is 0. The number of nitrogens with zero attached hydrogens (tertiary/aromatic N) is 1. The van der Waals surface area contributed by atoms with Crippen molar-refractivity contribution in [2.45, 2.75) is 18.9 Å². The lowest BCUT2D eigenvalue weighted by atomic mass is 10.2. The molecule has 1 atom stereocenters. The van der Waals surface area contributed by atoms with Gasteiger partial charge in [-0.2, -0.15) is 0 Å². The Bertz CT molecular complexity index is 148. The zero-order valence-electron chi connectivity index (χ0n) is 5.17. The molecule has 0 aliphatic carbocycles. The summed E-state index contributed by atoms with van der Waals surface area (Å²) in [5.74, 6) is 1.04. The van der Waals surface area contributed by atoms with Gasteiger partial charge in [0.1, 0.15) is 0 Å². The smallest absolute Gasteiger partial charge is 0.281 e. The van der Waals surface area contributed by atoms with Gasteiger partial charge in [0.25, 0.3) is 5.24 Å². The Morgan fingerprint density at radius 3 is 3.33 bits per heavy atom. The van der Waals surface area contributed by atoms with Crippen LogP contribution in [0, 0.1) is 0 Å². The maximum absolute atomic E-state index is 10.9. The maximum atomic E-state index is 10.9. The average molecular weight is 143 g/mol. The van der Waals surface area contributed by atoms with Crippen LogP contribution < -0.4 is 0 Å². The second-order valence-electron chi connectivity index (χ2n) is 2.57. The molecule has 0 bridgehead atoms. The third-order valence-electron chi connectivity index (χ3n) is 2.01. The Kier molecular flexibility index (Phi) is 1.18. The molecule has 50 valence electrons. The predicted molar refractivity (Wildman–Crippen MR) is 37.6 cm³/mol. The van der Waals surface area contributed by atoms with Crippen LogP contribution in [0.3, 0.4) is 0 Å². The summed E-state index contributed by atoms with van der Waals surface area (Å²) in [4.78, 5) is 12.9. The standard InChI is InChI=1S/C6H9NOS/c8-6-7-3-1-2-5(7)4-9-6/h5H,1-4H2. The van der Waals surface area contributed by atoms with Crippen LogP contribution in [0.1, 0.15) is 12.8 Å². The Morgan fingerprint density at radius 1 is 1.67 bits per heavy atom. The van der Waals surface area contributed by atoms with Gasteiger partial charge in [0.2, 0.25) is 0 Å². The van der Waals surface area contributed by atoms with E-state index in [0.717, 1.165) is 12.3 Å². The minimum absolute atomic E-state index is 0.303. The second kappa shape index (κ2) is 1.90. The quantitative estimate of drug-likeness (QED) is 0.509. The molecule has 0 spiro atoms. The number of carbonyl (C=O) groups excluding carboxylic acids is 1. The highest BCUT2D eigenvalue weighted by Gasteiger charge is 2.34. The molecule has 0 aromatic heterocycles. The van der Waals surface area contributed by atoms with Gasteiger partial charge in [-0.15, -0.1) is 0 Å². The third kappa shape index (κ3) is 0.748. The zero-order valence-corrected chi connectivity index (χ0v) is 5.99. The first-order valence-electron chi connectivity index (χ1n) is 3.31. The fraction of sp³-hybridized carbons (Fsp3) is 0.833. The highest BCUT2D eigenvalue weighted by Crippen LogP contribution is 2.31. The summed E-state index contributed by atoms with van der Waals surface area (Å²) < 4.78 is 0. The Hall–Kier alpha value is -0.180. The molecule has 2 saturated heterocycles. The molecule has 0 N–H and O–H groups in total. The number of rotatable bonds is 0. The molecule has 2 aliphatic rings. The van der Waals surface area contributed by atoms with Crippen molar-refractivity contribution in [3.63, 3.8) is 0 Å². The summed E-state index contributed by atoms with van der Waals surface area (Å²) in [6.07, 6.45) is 2.45. The molecule has 9 heavy (non-hydrogen) atoms. The van der Waals surface area contributed by atoms with Gasteiger partial charge >= 0.3 is 0 Å². The topological polar surface area (TPSA) is 20.3 Å². The van der Waals surface area contributed by atoms with Crippen LogP contribution in [0.2, 0.25) is 0 Å². The van der Waals surface area contributed by atoms with Crippen LogP contribution in [0.25, 0.3) is 0 Å². The van der Waals surface area contributed by atoms with E-state index >= 15 is 0 Å². The van der Waals surface area contributed by atoms with Crippen LogP contribution in [-0.4, -0.2) is 28.5 Å². The van der Waals surface area contributed by atoms with E-state index in [9.17, 15) is 4.79 Å². The number of carbonyl (C=O) groups is 1. The van der Waals surface area contributed by atoms with Gasteiger partial charge in [-0.25, -0.2) is 0 Å². The first-order chi connectivity index (χ1) is 4.38. The third-order valence-corrected chi connectivity index (χ3v) is 3.04. The number of hydrogen-bond acceptors (Lipinski definition) is 2. The molecular formula is C6H9NOS. The molecule has 0 saturated carbocycles. The van der Waals surface area contributed by atoms with Crippen molar-refractivity contribution in [2.24, 2.45) is 0 Å². The van der Waals surface area contributed by atoms with Gasteiger partial charge in [-0.05, 0) is 12.8 Å². The Morgan fingerprint density at radius 2 is 2.56 bits per heavy atom. The van der Waals surface area contributed by atoms with Crippen LogP contribution in [-0.2, 0) is 0 Å². The predicted octanol–water partition coefficient (Wildman–Crippen LogP) is 1.32. The van der Waals surface area contributed by atoms with E-state index in [0.29, 0.717) is 11.3 Å². The second-order valence-corrected chi connectivity index (χ2v) is 3.54. The number of hydrogen-bond donors (Lipinski definition) is 0. The monoisotopic (exact) mass is 143 g/mol. The van der Waals surface area contributed by atoms with Crippen molar-refractivity contribution in [1.82, 2.24) is 4.90 Å². The van der Waals surface area contributed by atoms with Crippen molar-refractivity contribution in [3.8, 4) is 0 Å². The van der Waals surface area contributed by atoms with E-state index in [1.165, 1.54) is 24.6 Å². The van der Waals surface area contributed by atoms with Crippen LogP contribution in [0.4, 0.5) is 4.79 Å². The first kappa shape index (κ1) is 5.59. The maximum Gasteiger partial charge on any atom is 0.281 e. The van der Waals surface area contributed by atoms with Crippen LogP contribution >= 0.6 is 11.8 Å². The van der Waals surface area contributed by atoms with E-state index in [1.54, 1.807) is 0 Å². The molecule has 3 heteroatoms. The van der Waals surface area contributed by atoms with Crippen molar-refractivity contribution < 1.29 is 4.79 Å². The lowest BCUT2D eigenvalue weighted by Gasteiger charge is -2.11. The summed E-state index contributed by atoms with van der Waals surface area (Å²) in [5.41, 5.74) is 0. The van der Waals surface area contributed by atoms with E-state index in [1.807, 2.05) is 4.90 Å². The van der Waals surface area contributed by atoms with E-state index < -0.39 is 0 Å². The molecule has 0 aromatic rings. The minimum Gasteiger partial charge on any atom is -0.330 e. The molecule has 1 unspecified atom stereocenters. The lowest BCUT2D eigenvalue weighted by Crippen LogP contribution is -2.26. The van der Waals surface area contributed by atoms with Crippen LogP contribution in [0.15, 0.2) is 0 Å². The van der Waals surface area contributed by atoms with Gasteiger partial charge in [-0.1, -0.05) is 11.8 Å². The number of fused-ring (bicyclic) bond motifs is 1. The SMILES string of the molecule is O=C1SCC2CCCN12. The normalized spacial score (nSPS) is 33.6. The van der Waals surface area contributed by atoms with Crippen molar-refractivity contribution in [2.75, 3.05) is 12.3 Å². The fourth-order valence-electron chi connectivity index (χ4n) is 1.50. The van der Waals surface area contributed by atoms with Gasteiger partial charge in [0.15, 0.2) is 0 Å². The highest BCUT2D eigenvalue weighted by atomic mass is 32.2. The molecular weight excluding hydrogens is 134 g/mol. The first-order valence-corrected chi connectivity index (χ1v) is 4.30. The van der Waals surface area contributed by atoms with Gasteiger partial charge in [-0.3, -0.25) is 4.79 Å². The molecule has 0 radical (unpaired) electrons. The van der Waals surface area contributed by atoms with E-state index in [2.05, 4.69) is 0 Å². The average Bonchev–Trinajstić information content (AvgIpc) is 2.35. The zero-order chi connectivity index (χ0) is 6.27. The molecule has 2 heterocycles. The van der Waals surface area contributed by atoms with Crippen molar-refractivity contribution in [3.05, 3.63) is 0 Å². The van der Waals surface area contributed by atoms with Gasteiger partial charge in [0.05, 0.1) is 0 Å². The molecule has 1 amide bonds. The summed E-state index contributed by atoms with van der Waals surface area (Å²) in [6, 6.07) is 0.600. The number of amides is 1. The number of thioether (sulfide) groups is 1. The van der Waals surface area contributed by atoms with Gasteiger partial charge in [0, 0.05) is 18.3 Å². The molecule has 2 aliphatic heterocycles. The fourth-order valence-corrected chi connectivity index (χ4v) is 2.59.